The van der Waals surface area contributed by atoms with Crippen molar-refractivity contribution in [2.75, 3.05) is 0 Å². The van der Waals surface area contributed by atoms with E-state index >= 15 is 0 Å². The van der Waals surface area contributed by atoms with E-state index in [9.17, 15) is 5.11 Å². The molecule has 1 N–H and O–H groups in total. The molecule has 4 rings (SSSR count). The smallest absolute Gasteiger partial charge is 0.118 e. The van der Waals surface area contributed by atoms with Gasteiger partial charge >= 0.3 is 0 Å². The summed E-state index contributed by atoms with van der Waals surface area (Å²) < 4.78 is 2.32. The molecule has 0 aliphatic carbocycles. The zero-order valence-electron chi connectivity index (χ0n) is 15.2. The van der Waals surface area contributed by atoms with E-state index in [4.69, 9.17) is 4.98 Å². The molecule has 4 heteroatoms. The standard InChI is InChI=1S/C22H23N3O/c1-3-4-9-21-24-19-13-23-18-8-6-5-7-17(18)22(19)25(21)14-16-10-11-20(26)15(2)12-16/h5-8,10-13,26H,3-4,9,14H2,1-2H3. The van der Waals surface area contributed by atoms with Crippen LogP contribution in [0.15, 0.2) is 48.7 Å². The van der Waals surface area contributed by atoms with E-state index in [2.05, 4.69) is 28.6 Å². The first kappa shape index (κ1) is 16.6. The summed E-state index contributed by atoms with van der Waals surface area (Å²) in [6, 6.07) is 14.0. The number of rotatable bonds is 5. The molecule has 0 radical (unpaired) electrons. The van der Waals surface area contributed by atoms with Crippen molar-refractivity contribution in [2.24, 2.45) is 0 Å². The largest absolute Gasteiger partial charge is 0.508 e. The fourth-order valence-corrected chi connectivity index (χ4v) is 3.50. The molecule has 2 heterocycles. The highest BCUT2D eigenvalue weighted by atomic mass is 16.3. The highest BCUT2D eigenvalue weighted by Crippen LogP contribution is 2.27. The van der Waals surface area contributed by atoms with Crippen molar-refractivity contribution in [3.63, 3.8) is 0 Å². The van der Waals surface area contributed by atoms with Crippen LogP contribution >= 0.6 is 0 Å². The molecule has 0 spiro atoms. The second kappa shape index (κ2) is 6.79. The van der Waals surface area contributed by atoms with E-state index in [0.29, 0.717) is 5.75 Å². The van der Waals surface area contributed by atoms with Crippen molar-refractivity contribution < 1.29 is 5.11 Å². The molecule has 0 bridgehead atoms. The number of hydrogen-bond donors (Lipinski definition) is 1. The summed E-state index contributed by atoms with van der Waals surface area (Å²) in [6.45, 7) is 4.88. The van der Waals surface area contributed by atoms with Crippen LogP contribution in [0.1, 0.15) is 36.7 Å². The molecule has 0 aliphatic rings. The number of para-hydroxylation sites is 1. The maximum absolute atomic E-state index is 9.83. The van der Waals surface area contributed by atoms with Gasteiger partial charge in [-0.2, -0.15) is 0 Å². The van der Waals surface area contributed by atoms with Crippen molar-refractivity contribution in [1.82, 2.24) is 14.5 Å². The maximum atomic E-state index is 9.83. The number of pyridine rings is 1. The fourth-order valence-electron chi connectivity index (χ4n) is 3.50. The third kappa shape index (κ3) is 2.92. The number of hydrogen-bond acceptors (Lipinski definition) is 3. The van der Waals surface area contributed by atoms with Crippen LogP contribution < -0.4 is 0 Å². The van der Waals surface area contributed by atoms with Gasteiger partial charge in [0.25, 0.3) is 0 Å². The third-order valence-electron chi connectivity index (χ3n) is 4.91. The monoisotopic (exact) mass is 345 g/mol. The van der Waals surface area contributed by atoms with Gasteiger partial charge in [0.15, 0.2) is 0 Å². The predicted octanol–water partition coefficient (Wildman–Crippen LogP) is 4.99. The number of benzene rings is 2. The van der Waals surface area contributed by atoms with Crippen LogP contribution in [0, 0.1) is 6.92 Å². The van der Waals surface area contributed by atoms with E-state index in [1.54, 1.807) is 6.07 Å². The summed E-state index contributed by atoms with van der Waals surface area (Å²) in [4.78, 5) is 9.46. The Morgan fingerprint density at radius 3 is 2.73 bits per heavy atom. The van der Waals surface area contributed by atoms with Crippen molar-refractivity contribution in [2.45, 2.75) is 39.7 Å². The number of aryl methyl sites for hydroxylation is 2. The summed E-state index contributed by atoms with van der Waals surface area (Å²) in [5.74, 6) is 1.44. The summed E-state index contributed by atoms with van der Waals surface area (Å²) in [5.41, 5.74) is 5.15. The molecule has 0 aliphatic heterocycles. The Balaban J connectivity index is 1.91. The van der Waals surface area contributed by atoms with E-state index in [1.807, 2.05) is 37.4 Å². The Hall–Kier alpha value is -2.88. The van der Waals surface area contributed by atoms with Crippen LogP contribution in [0.4, 0.5) is 0 Å². The quantitative estimate of drug-likeness (QED) is 0.554. The van der Waals surface area contributed by atoms with Gasteiger partial charge in [0, 0.05) is 18.4 Å². The number of phenols is 1. The predicted molar refractivity (Wildman–Crippen MR) is 106 cm³/mol. The topological polar surface area (TPSA) is 50.9 Å². The van der Waals surface area contributed by atoms with Gasteiger partial charge in [0.1, 0.15) is 17.1 Å². The minimum absolute atomic E-state index is 0.338. The number of unbranched alkanes of at least 4 members (excludes halogenated alkanes) is 1. The molecule has 4 aromatic rings. The molecule has 0 saturated carbocycles. The lowest BCUT2D eigenvalue weighted by Crippen LogP contribution is -2.06. The molecule has 132 valence electrons. The van der Waals surface area contributed by atoms with Gasteiger partial charge in [-0.25, -0.2) is 4.98 Å². The number of nitrogens with zero attached hydrogens (tertiary/aromatic N) is 3. The average Bonchev–Trinajstić information content (AvgIpc) is 3.01. The minimum atomic E-state index is 0.338. The highest BCUT2D eigenvalue weighted by molar-refractivity contribution is 6.02. The average molecular weight is 345 g/mol. The van der Waals surface area contributed by atoms with Crippen LogP contribution in [-0.4, -0.2) is 19.6 Å². The van der Waals surface area contributed by atoms with Gasteiger partial charge in [-0.15, -0.1) is 0 Å². The van der Waals surface area contributed by atoms with Crippen molar-refractivity contribution in [3.05, 3.63) is 65.6 Å². The Bertz CT molecular complexity index is 1080. The summed E-state index contributed by atoms with van der Waals surface area (Å²) >= 11 is 0. The zero-order valence-corrected chi connectivity index (χ0v) is 15.2. The number of aromatic nitrogens is 3. The molecule has 2 aromatic carbocycles. The first-order valence-electron chi connectivity index (χ1n) is 9.18. The van der Waals surface area contributed by atoms with Crippen molar-refractivity contribution >= 4 is 21.9 Å². The maximum Gasteiger partial charge on any atom is 0.118 e. The van der Waals surface area contributed by atoms with Crippen molar-refractivity contribution in [1.29, 1.82) is 0 Å². The van der Waals surface area contributed by atoms with Gasteiger partial charge in [-0.05, 0) is 36.6 Å². The van der Waals surface area contributed by atoms with Gasteiger partial charge in [0.05, 0.1) is 17.2 Å². The van der Waals surface area contributed by atoms with E-state index in [1.165, 1.54) is 5.56 Å². The Morgan fingerprint density at radius 1 is 1.08 bits per heavy atom. The van der Waals surface area contributed by atoms with E-state index < -0.39 is 0 Å². The zero-order chi connectivity index (χ0) is 18.1. The number of phenolic OH excluding ortho intramolecular Hbond substituents is 1. The van der Waals surface area contributed by atoms with Crippen LogP contribution in [0.25, 0.3) is 21.9 Å². The van der Waals surface area contributed by atoms with Gasteiger partial charge in [-0.3, -0.25) is 4.98 Å². The molecule has 26 heavy (non-hydrogen) atoms. The Labute approximate surface area is 153 Å². The lowest BCUT2D eigenvalue weighted by molar-refractivity contribution is 0.470. The van der Waals surface area contributed by atoms with Crippen LogP contribution in [-0.2, 0) is 13.0 Å². The number of imidazole rings is 1. The highest BCUT2D eigenvalue weighted by Gasteiger charge is 2.14. The molecule has 0 atom stereocenters. The van der Waals surface area contributed by atoms with Crippen LogP contribution in [0.3, 0.4) is 0 Å². The molecule has 4 nitrogen and oxygen atoms in total. The first-order chi connectivity index (χ1) is 12.7. The summed E-state index contributed by atoms with van der Waals surface area (Å²) in [5, 5.41) is 11.0. The van der Waals surface area contributed by atoms with Crippen LogP contribution in [0.5, 0.6) is 5.75 Å². The minimum Gasteiger partial charge on any atom is -0.508 e. The van der Waals surface area contributed by atoms with Gasteiger partial charge in [-0.1, -0.05) is 43.7 Å². The molecular weight excluding hydrogens is 322 g/mol. The van der Waals surface area contributed by atoms with Gasteiger partial charge < -0.3 is 9.67 Å². The van der Waals surface area contributed by atoms with E-state index in [-0.39, 0.29) is 0 Å². The molecule has 0 unspecified atom stereocenters. The summed E-state index contributed by atoms with van der Waals surface area (Å²) in [7, 11) is 0. The fraction of sp³-hybridized carbons (Fsp3) is 0.273. The summed E-state index contributed by atoms with van der Waals surface area (Å²) in [6.07, 6.45) is 5.09. The van der Waals surface area contributed by atoms with E-state index in [0.717, 1.165) is 59.1 Å². The molecule has 0 amide bonds. The molecular formula is C22H23N3O. The van der Waals surface area contributed by atoms with Crippen LogP contribution in [0.2, 0.25) is 0 Å². The Morgan fingerprint density at radius 2 is 1.92 bits per heavy atom. The Kier molecular flexibility index (Phi) is 4.33. The normalized spacial score (nSPS) is 11.5. The molecule has 0 fully saturated rings. The second-order valence-electron chi connectivity index (χ2n) is 6.85. The molecule has 2 aromatic heterocycles. The number of fused-ring (bicyclic) bond motifs is 3. The lowest BCUT2D eigenvalue weighted by atomic mass is 10.1. The third-order valence-corrected chi connectivity index (χ3v) is 4.91. The van der Waals surface area contributed by atoms with Crippen molar-refractivity contribution in [3.8, 4) is 5.75 Å². The van der Waals surface area contributed by atoms with Gasteiger partial charge in [0.2, 0.25) is 0 Å². The first-order valence-corrected chi connectivity index (χ1v) is 9.18. The SMILES string of the molecule is CCCCc1nc2cnc3ccccc3c2n1Cc1ccc(O)c(C)c1. The number of aromatic hydroxyl groups is 1. The lowest BCUT2D eigenvalue weighted by Gasteiger charge is -2.12. The molecule has 0 saturated heterocycles. The second-order valence-corrected chi connectivity index (χ2v) is 6.85.